The van der Waals surface area contributed by atoms with Crippen molar-refractivity contribution >= 4 is 16.1 Å². The smallest absolute Gasteiger partial charge is 0.243 e. The normalized spacial score (nSPS) is 19.1. The Kier molecular flexibility index (Phi) is 6.26. The first-order chi connectivity index (χ1) is 19.1. The summed E-state index contributed by atoms with van der Waals surface area (Å²) in [6.45, 7) is -0.0792. The van der Waals surface area contributed by atoms with E-state index in [1.54, 1.807) is 41.5 Å². The summed E-state index contributed by atoms with van der Waals surface area (Å²) in [6, 6.07) is 8.57. The fraction of sp³-hybridized carbons (Fsp3) is 0.214. The molecular formula is C28H22F4N4O3S. The maximum absolute atomic E-state index is 14.0. The number of nitrogens with zero attached hydrogens (tertiary/aromatic N) is 4. The summed E-state index contributed by atoms with van der Waals surface area (Å²) < 4.78 is 90.9. The summed E-state index contributed by atoms with van der Waals surface area (Å²) in [6.07, 6.45) is 7.39. The van der Waals surface area contributed by atoms with Gasteiger partial charge in [-0.15, -0.1) is 0 Å². The van der Waals surface area contributed by atoms with Gasteiger partial charge in [-0.3, -0.25) is 4.98 Å². The van der Waals surface area contributed by atoms with Gasteiger partial charge in [0.15, 0.2) is 17.5 Å². The monoisotopic (exact) mass is 570 g/mol. The molecule has 0 unspecified atom stereocenters. The molecule has 1 saturated heterocycles. The number of aromatic nitrogens is 3. The zero-order valence-electron chi connectivity index (χ0n) is 21.1. The highest BCUT2D eigenvalue weighted by Crippen LogP contribution is 2.49. The van der Waals surface area contributed by atoms with E-state index >= 15 is 0 Å². The highest BCUT2D eigenvalue weighted by atomic mass is 32.2. The number of halogens is 4. The molecule has 0 bridgehead atoms. The third-order valence-corrected chi connectivity index (χ3v) is 9.39. The van der Waals surface area contributed by atoms with Crippen molar-refractivity contribution in [3.63, 3.8) is 0 Å². The van der Waals surface area contributed by atoms with Crippen LogP contribution in [0.3, 0.4) is 0 Å². The molecule has 2 aromatic heterocycles. The van der Waals surface area contributed by atoms with Crippen molar-refractivity contribution < 1.29 is 30.7 Å². The number of piperidine rings is 1. The number of sulfonamides is 1. The molecule has 2 aromatic carbocycles. The van der Waals surface area contributed by atoms with Crippen LogP contribution in [0.1, 0.15) is 23.2 Å². The molecule has 0 N–H and O–H groups in total. The lowest BCUT2D eigenvalue weighted by molar-refractivity contribution is 0.275. The molecule has 0 saturated carbocycles. The molecule has 1 fully saturated rings. The van der Waals surface area contributed by atoms with Gasteiger partial charge >= 0.3 is 0 Å². The molecule has 0 amide bonds. The minimum absolute atomic E-state index is 0.0130. The van der Waals surface area contributed by atoms with E-state index in [2.05, 4.69) is 10.1 Å². The average Bonchev–Trinajstić information content (AvgIpc) is 3.36. The highest BCUT2D eigenvalue weighted by molar-refractivity contribution is 7.89. The topological polar surface area (TPSA) is 77.3 Å². The van der Waals surface area contributed by atoms with Crippen LogP contribution in [0.5, 0.6) is 5.75 Å². The summed E-state index contributed by atoms with van der Waals surface area (Å²) in [5, 5.41) is 4.52. The van der Waals surface area contributed by atoms with E-state index in [0.717, 1.165) is 21.1 Å². The molecule has 1 atom stereocenters. The van der Waals surface area contributed by atoms with Crippen LogP contribution in [0.25, 0.3) is 11.8 Å². The standard InChI is InChI=1S/C28H22F4N4O3S/c1-39-26-6-8-33-15-22(26)28-13-17-14-34-36(20-4-2-19(29)3-5-20)25(17)10-18(28)7-9-35(16-28)40(37,38)21-11-23(30)27(32)24(31)12-21/h2-6,8,10-12,14-15H,7,9,13,16H2,1H3/t28-/m1/s1. The molecule has 0 spiro atoms. The summed E-state index contributed by atoms with van der Waals surface area (Å²) >= 11 is 0. The third kappa shape index (κ3) is 4.09. The fourth-order valence-corrected chi connectivity index (χ4v) is 7.14. The summed E-state index contributed by atoms with van der Waals surface area (Å²) in [4.78, 5) is 3.60. The van der Waals surface area contributed by atoms with E-state index in [9.17, 15) is 26.0 Å². The van der Waals surface area contributed by atoms with Crippen molar-refractivity contribution in [2.24, 2.45) is 0 Å². The SMILES string of the molecule is COc1ccncc1[C@@]12Cc3cnn(-c4ccc(F)cc4)c3C=C1CCN(S(=O)(=O)c1cc(F)c(F)c(F)c1)C2. The molecular weight excluding hydrogens is 548 g/mol. The molecule has 3 heterocycles. The predicted molar refractivity (Wildman–Crippen MR) is 137 cm³/mol. The molecule has 12 heteroatoms. The number of benzene rings is 2. The van der Waals surface area contributed by atoms with Gasteiger partial charge in [0.25, 0.3) is 0 Å². The van der Waals surface area contributed by atoms with Crippen LogP contribution < -0.4 is 4.74 Å². The second-order valence-corrected chi connectivity index (χ2v) is 11.7. The number of hydrogen-bond donors (Lipinski definition) is 0. The second kappa shape index (κ2) is 9.56. The molecule has 1 aliphatic carbocycles. The molecule has 6 rings (SSSR count). The van der Waals surface area contributed by atoms with E-state index in [-0.39, 0.29) is 25.3 Å². The molecule has 7 nitrogen and oxygen atoms in total. The van der Waals surface area contributed by atoms with Crippen LogP contribution in [-0.2, 0) is 21.9 Å². The van der Waals surface area contributed by atoms with E-state index in [1.807, 2.05) is 6.08 Å². The minimum atomic E-state index is -4.42. The Morgan fingerprint density at radius 1 is 1.00 bits per heavy atom. The van der Waals surface area contributed by atoms with Gasteiger partial charge in [-0.2, -0.15) is 9.40 Å². The van der Waals surface area contributed by atoms with Gasteiger partial charge in [-0.05, 0) is 66.9 Å². The lowest BCUT2D eigenvalue weighted by atomic mass is 9.65. The predicted octanol–water partition coefficient (Wildman–Crippen LogP) is 4.80. The van der Waals surface area contributed by atoms with Crippen molar-refractivity contribution in [3.8, 4) is 11.4 Å². The van der Waals surface area contributed by atoms with Gasteiger partial charge in [0.05, 0.1) is 29.6 Å². The van der Waals surface area contributed by atoms with Crippen molar-refractivity contribution in [1.82, 2.24) is 19.1 Å². The van der Waals surface area contributed by atoms with Crippen LogP contribution in [-0.4, -0.2) is 47.7 Å². The maximum atomic E-state index is 14.0. The van der Waals surface area contributed by atoms with Gasteiger partial charge in [0.1, 0.15) is 11.6 Å². The van der Waals surface area contributed by atoms with Crippen LogP contribution in [0.15, 0.2) is 71.5 Å². The number of methoxy groups -OCH3 is 1. The van der Waals surface area contributed by atoms with Crippen LogP contribution in [0.4, 0.5) is 17.6 Å². The maximum Gasteiger partial charge on any atom is 0.243 e. The summed E-state index contributed by atoms with van der Waals surface area (Å²) in [5.41, 5.74) is 2.81. The second-order valence-electron chi connectivity index (χ2n) is 9.74. The molecule has 1 aliphatic heterocycles. The molecule has 206 valence electrons. The first-order valence-electron chi connectivity index (χ1n) is 12.3. The Balaban J connectivity index is 1.48. The van der Waals surface area contributed by atoms with Crippen LogP contribution in [0, 0.1) is 23.3 Å². The van der Waals surface area contributed by atoms with Gasteiger partial charge in [-0.25, -0.2) is 30.7 Å². The van der Waals surface area contributed by atoms with Gasteiger partial charge in [-0.1, -0.05) is 5.57 Å². The Morgan fingerprint density at radius 3 is 2.42 bits per heavy atom. The van der Waals surface area contributed by atoms with Crippen molar-refractivity contribution in [2.45, 2.75) is 23.2 Å². The van der Waals surface area contributed by atoms with E-state index < -0.39 is 37.8 Å². The quantitative estimate of drug-likeness (QED) is 0.255. The zero-order valence-corrected chi connectivity index (χ0v) is 21.9. The third-order valence-electron chi connectivity index (χ3n) is 7.56. The summed E-state index contributed by atoms with van der Waals surface area (Å²) in [5.74, 6) is -4.79. The Bertz CT molecular complexity index is 1750. The van der Waals surface area contributed by atoms with E-state index in [0.29, 0.717) is 35.6 Å². The van der Waals surface area contributed by atoms with Gasteiger partial charge in [0, 0.05) is 36.5 Å². The number of ether oxygens (including phenoxy) is 1. The fourth-order valence-electron chi connectivity index (χ4n) is 5.61. The summed E-state index contributed by atoms with van der Waals surface area (Å²) in [7, 11) is -2.92. The van der Waals surface area contributed by atoms with Crippen molar-refractivity contribution in [2.75, 3.05) is 20.2 Å². The van der Waals surface area contributed by atoms with Crippen molar-refractivity contribution in [3.05, 3.63) is 107 Å². The molecule has 0 radical (unpaired) electrons. The lowest BCUT2D eigenvalue weighted by Gasteiger charge is -2.46. The lowest BCUT2D eigenvalue weighted by Crippen LogP contribution is -2.52. The number of pyridine rings is 1. The van der Waals surface area contributed by atoms with E-state index in [4.69, 9.17) is 4.74 Å². The molecule has 2 aliphatic rings. The Labute approximate surface area is 227 Å². The number of fused-ring (bicyclic) bond motifs is 2. The number of rotatable bonds is 5. The van der Waals surface area contributed by atoms with E-state index in [1.165, 1.54) is 19.2 Å². The minimum Gasteiger partial charge on any atom is -0.496 e. The Morgan fingerprint density at radius 2 is 1.73 bits per heavy atom. The Hall–Kier alpha value is -4.03. The molecule has 40 heavy (non-hydrogen) atoms. The highest BCUT2D eigenvalue weighted by Gasteiger charge is 2.48. The molecule has 4 aromatic rings. The van der Waals surface area contributed by atoms with Gasteiger partial charge < -0.3 is 4.74 Å². The zero-order chi connectivity index (χ0) is 28.2. The first-order valence-corrected chi connectivity index (χ1v) is 13.7. The van der Waals surface area contributed by atoms with Crippen LogP contribution >= 0.6 is 0 Å². The number of hydrogen-bond acceptors (Lipinski definition) is 5. The van der Waals surface area contributed by atoms with Gasteiger partial charge in [0.2, 0.25) is 10.0 Å². The van der Waals surface area contributed by atoms with Crippen LogP contribution in [0.2, 0.25) is 0 Å². The average molecular weight is 571 g/mol. The largest absolute Gasteiger partial charge is 0.496 e. The van der Waals surface area contributed by atoms with Crippen molar-refractivity contribution in [1.29, 1.82) is 0 Å². The first kappa shape index (κ1) is 26.2.